The molecule has 0 saturated carbocycles. The number of nitrogens with one attached hydrogen (secondary N) is 1. The summed E-state index contributed by atoms with van der Waals surface area (Å²) in [5, 5.41) is 6.08. The van der Waals surface area contributed by atoms with E-state index in [-0.39, 0.29) is 5.91 Å². The van der Waals surface area contributed by atoms with E-state index >= 15 is 0 Å². The predicted octanol–water partition coefficient (Wildman–Crippen LogP) is 5.46. The first-order chi connectivity index (χ1) is 13.3. The van der Waals surface area contributed by atoms with Crippen molar-refractivity contribution >= 4 is 33.1 Å². The lowest BCUT2D eigenvalue weighted by Gasteiger charge is -2.03. The van der Waals surface area contributed by atoms with Crippen molar-refractivity contribution in [2.24, 2.45) is 0 Å². The van der Waals surface area contributed by atoms with E-state index in [4.69, 9.17) is 0 Å². The molecule has 0 aliphatic carbocycles. The first kappa shape index (κ1) is 17.4. The van der Waals surface area contributed by atoms with Gasteiger partial charge in [0.05, 0.1) is 0 Å². The minimum Gasteiger partial charge on any atom is -0.302 e. The Hall–Kier alpha value is -2.98. The average molecular weight is 372 g/mol. The van der Waals surface area contributed by atoms with Crippen molar-refractivity contribution in [3.8, 4) is 0 Å². The first-order valence-electron chi connectivity index (χ1n) is 9.02. The SMILES string of the molecule is O=C(CCc1ccccc1)Nc1ncc(Cc2ccc3ccccc3c2)s1. The normalized spacial score (nSPS) is 10.8. The van der Waals surface area contributed by atoms with Crippen molar-refractivity contribution in [1.29, 1.82) is 0 Å². The van der Waals surface area contributed by atoms with Gasteiger partial charge in [-0.2, -0.15) is 0 Å². The Bertz CT molecular complexity index is 1060. The van der Waals surface area contributed by atoms with Crippen LogP contribution in [-0.4, -0.2) is 10.9 Å². The van der Waals surface area contributed by atoms with E-state index in [2.05, 4.69) is 52.8 Å². The van der Waals surface area contributed by atoms with Gasteiger partial charge in [0.15, 0.2) is 5.13 Å². The van der Waals surface area contributed by atoms with Gasteiger partial charge >= 0.3 is 0 Å². The highest BCUT2D eigenvalue weighted by atomic mass is 32.1. The molecule has 1 heterocycles. The number of aromatic nitrogens is 1. The molecule has 4 rings (SSSR count). The Morgan fingerprint density at radius 3 is 2.52 bits per heavy atom. The number of hydrogen-bond acceptors (Lipinski definition) is 3. The first-order valence-corrected chi connectivity index (χ1v) is 9.84. The van der Waals surface area contributed by atoms with Crippen LogP contribution in [0.1, 0.15) is 22.4 Å². The van der Waals surface area contributed by atoms with E-state index in [1.54, 1.807) is 11.3 Å². The third-order valence-corrected chi connectivity index (χ3v) is 5.39. The van der Waals surface area contributed by atoms with Crippen LogP contribution in [0, 0.1) is 0 Å². The molecule has 134 valence electrons. The number of benzene rings is 3. The number of fused-ring (bicyclic) bond motifs is 1. The van der Waals surface area contributed by atoms with Crippen molar-refractivity contribution < 1.29 is 4.79 Å². The van der Waals surface area contributed by atoms with Crippen molar-refractivity contribution in [3.63, 3.8) is 0 Å². The zero-order valence-electron chi connectivity index (χ0n) is 14.9. The van der Waals surface area contributed by atoms with Crippen molar-refractivity contribution in [3.05, 3.63) is 95.0 Å². The zero-order valence-corrected chi connectivity index (χ0v) is 15.7. The predicted molar refractivity (Wildman–Crippen MR) is 112 cm³/mol. The Balaban J connectivity index is 1.35. The number of carbonyl (C=O) groups excluding carboxylic acids is 1. The molecule has 0 saturated heterocycles. The molecule has 27 heavy (non-hydrogen) atoms. The maximum absolute atomic E-state index is 12.2. The molecule has 1 N–H and O–H groups in total. The largest absolute Gasteiger partial charge is 0.302 e. The number of amides is 1. The molecule has 1 aromatic heterocycles. The van der Waals surface area contributed by atoms with Crippen molar-refractivity contribution in [2.45, 2.75) is 19.3 Å². The highest BCUT2D eigenvalue weighted by Crippen LogP contribution is 2.23. The number of carbonyl (C=O) groups is 1. The standard InChI is InChI=1S/C23H20N2OS/c26-22(13-11-17-6-2-1-3-7-17)25-23-24-16-21(27-23)15-18-10-12-19-8-4-5-9-20(19)14-18/h1-10,12,14,16H,11,13,15H2,(H,24,25,26). The van der Waals surface area contributed by atoms with Crippen LogP contribution in [0.5, 0.6) is 0 Å². The second-order valence-electron chi connectivity index (χ2n) is 6.52. The molecule has 0 radical (unpaired) electrons. The van der Waals surface area contributed by atoms with E-state index in [1.807, 2.05) is 36.5 Å². The third kappa shape index (κ3) is 4.60. The van der Waals surface area contributed by atoms with Gasteiger partial charge in [-0.1, -0.05) is 72.8 Å². The molecule has 0 aliphatic heterocycles. The second-order valence-corrected chi connectivity index (χ2v) is 7.64. The fraction of sp³-hybridized carbons (Fsp3) is 0.130. The minimum atomic E-state index is 0.00505. The molecule has 0 atom stereocenters. The van der Waals surface area contributed by atoms with E-state index in [9.17, 15) is 4.79 Å². The molecule has 0 spiro atoms. The summed E-state index contributed by atoms with van der Waals surface area (Å²) >= 11 is 1.54. The Morgan fingerprint density at radius 2 is 1.67 bits per heavy atom. The van der Waals surface area contributed by atoms with Crippen molar-refractivity contribution in [1.82, 2.24) is 4.98 Å². The summed E-state index contributed by atoms with van der Waals surface area (Å²) in [4.78, 5) is 17.7. The van der Waals surface area contributed by atoms with Gasteiger partial charge in [-0.3, -0.25) is 4.79 Å². The molecule has 3 nitrogen and oxygen atoms in total. The summed E-state index contributed by atoms with van der Waals surface area (Å²) in [6, 6.07) is 24.9. The lowest BCUT2D eigenvalue weighted by molar-refractivity contribution is -0.116. The minimum absolute atomic E-state index is 0.00505. The lowest BCUT2D eigenvalue weighted by atomic mass is 10.0. The number of rotatable bonds is 6. The summed E-state index contributed by atoms with van der Waals surface area (Å²) in [5.74, 6) is 0.00505. The monoisotopic (exact) mass is 372 g/mol. The van der Waals surface area contributed by atoms with Gasteiger partial charge in [-0.15, -0.1) is 11.3 Å². The summed E-state index contributed by atoms with van der Waals surface area (Å²) in [5.41, 5.74) is 2.42. The number of thiazole rings is 1. The third-order valence-electron chi connectivity index (χ3n) is 4.48. The van der Waals surface area contributed by atoms with E-state index in [1.165, 1.54) is 21.9 Å². The molecule has 0 unspecified atom stereocenters. The fourth-order valence-corrected chi connectivity index (χ4v) is 3.94. The highest BCUT2D eigenvalue weighted by molar-refractivity contribution is 7.15. The molecule has 4 heteroatoms. The van der Waals surface area contributed by atoms with Crippen LogP contribution in [0.25, 0.3) is 10.8 Å². The van der Waals surface area contributed by atoms with Gasteiger partial charge in [0, 0.05) is 23.9 Å². The number of hydrogen-bond donors (Lipinski definition) is 1. The molecule has 4 aromatic rings. The average Bonchev–Trinajstić information content (AvgIpc) is 3.14. The summed E-state index contributed by atoms with van der Waals surface area (Å²) < 4.78 is 0. The van der Waals surface area contributed by atoms with Crippen molar-refractivity contribution in [2.75, 3.05) is 5.32 Å². The molecule has 3 aromatic carbocycles. The summed E-state index contributed by atoms with van der Waals surface area (Å²) in [7, 11) is 0. The van der Waals surface area contributed by atoms with Crippen LogP contribution in [0.3, 0.4) is 0 Å². The number of nitrogens with zero attached hydrogens (tertiary/aromatic N) is 1. The summed E-state index contributed by atoms with van der Waals surface area (Å²) in [6.45, 7) is 0. The second kappa shape index (κ2) is 8.14. The van der Waals surface area contributed by atoms with Crippen LogP contribution < -0.4 is 5.32 Å². The Labute approximate surface area is 162 Å². The molecule has 0 fully saturated rings. The topological polar surface area (TPSA) is 42.0 Å². The molecule has 1 amide bonds. The van der Waals surface area contributed by atoms with E-state index in [0.717, 1.165) is 17.7 Å². The Morgan fingerprint density at radius 1 is 0.889 bits per heavy atom. The molecular formula is C23H20N2OS. The maximum Gasteiger partial charge on any atom is 0.226 e. The summed E-state index contributed by atoms with van der Waals surface area (Å²) in [6.07, 6.45) is 3.88. The van der Waals surface area contributed by atoms with E-state index in [0.29, 0.717) is 11.6 Å². The van der Waals surface area contributed by atoms with Gasteiger partial charge in [0.2, 0.25) is 5.91 Å². The smallest absolute Gasteiger partial charge is 0.226 e. The van der Waals surface area contributed by atoms with Crippen LogP contribution in [0.2, 0.25) is 0 Å². The van der Waals surface area contributed by atoms with Gasteiger partial charge in [-0.05, 0) is 28.3 Å². The fourth-order valence-electron chi connectivity index (χ4n) is 3.08. The molecule has 0 bridgehead atoms. The van der Waals surface area contributed by atoms with Gasteiger partial charge in [0.25, 0.3) is 0 Å². The molecule has 0 aliphatic rings. The maximum atomic E-state index is 12.2. The Kier molecular flexibility index (Phi) is 5.26. The molecular weight excluding hydrogens is 352 g/mol. The number of aryl methyl sites for hydroxylation is 1. The lowest BCUT2D eigenvalue weighted by Crippen LogP contribution is -2.11. The van der Waals surface area contributed by atoms with Gasteiger partial charge < -0.3 is 5.32 Å². The van der Waals surface area contributed by atoms with Gasteiger partial charge in [-0.25, -0.2) is 4.98 Å². The van der Waals surface area contributed by atoms with Gasteiger partial charge in [0.1, 0.15) is 0 Å². The van der Waals surface area contributed by atoms with Crippen LogP contribution in [0.4, 0.5) is 5.13 Å². The highest BCUT2D eigenvalue weighted by Gasteiger charge is 2.08. The quantitative estimate of drug-likeness (QED) is 0.488. The van der Waals surface area contributed by atoms with Crippen LogP contribution in [-0.2, 0) is 17.6 Å². The van der Waals surface area contributed by atoms with Crippen LogP contribution >= 0.6 is 11.3 Å². The van der Waals surface area contributed by atoms with Crippen LogP contribution in [0.15, 0.2) is 79.0 Å². The zero-order chi connectivity index (χ0) is 18.5. The van der Waals surface area contributed by atoms with E-state index < -0.39 is 0 Å². The number of anilines is 1.